The van der Waals surface area contributed by atoms with Crippen LogP contribution < -0.4 is 5.32 Å². The van der Waals surface area contributed by atoms with Crippen LogP contribution in [0.1, 0.15) is 13.8 Å². The van der Waals surface area contributed by atoms with Crippen molar-refractivity contribution in [1.29, 1.82) is 0 Å². The van der Waals surface area contributed by atoms with Gasteiger partial charge in [0.15, 0.2) is 0 Å². The first-order valence-corrected chi connectivity index (χ1v) is 4.68. The summed E-state index contributed by atoms with van der Waals surface area (Å²) in [6, 6.07) is 3.39. The van der Waals surface area contributed by atoms with Crippen LogP contribution >= 0.6 is 0 Å². The van der Waals surface area contributed by atoms with Gasteiger partial charge in [-0.05, 0) is 12.0 Å². The SMILES string of the molecule is CC(C)CNc1cc(F)ccc1[N+](=O)[O-]. The first kappa shape index (κ1) is 11.4. The Morgan fingerprint density at radius 2 is 2.20 bits per heavy atom. The molecular weight excluding hydrogens is 199 g/mol. The average molecular weight is 212 g/mol. The summed E-state index contributed by atoms with van der Waals surface area (Å²) in [6.45, 7) is 4.51. The molecule has 0 saturated carbocycles. The van der Waals surface area contributed by atoms with E-state index in [1.54, 1.807) is 0 Å². The number of hydrogen-bond donors (Lipinski definition) is 1. The number of nitro benzene ring substituents is 1. The van der Waals surface area contributed by atoms with Crippen LogP contribution in [0.5, 0.6) is 0 Å². The van der Waals surface area contributed by atoms with Crippen LogP contribution in [0.2, 0.25) is 0 Å². The van der Waals surface area contributed by atoms with Gasteiger partial charge in [0.05, 0.1) is 4.92 Å². The highest BCUT2D eigenvalue weighted by molar-refractivity contribution is 5.61. The summed E-state index contributed by atoms with van der Waals surface area (Å²) >= 11 is 0. The second-order valence-corrected chi connectivity index (χ2v) is 3.69. The first-order chi connectivity index (χ1) is 7.00. The summed E-state index contributed by atoms with van der Waals surface area (Å²) in [5.74, 6) is -0.139. The molecule has 1 aromatic carbocycles. The maximum absolute atomic E-state index is 12.9. The molecule has 4 nitrogen and oxygen atoms in total. The van der Waals surface area contributed by atoms with Crippen LogP contribution in [0.3, 0.4) is 0 Å². The fourth-order valence-corrected chi connectivity index (χ4v) is 1.12. The monoisotopic (exact) mass is 212 g/mol. The summed E-state index contributed by atoms with van der Waals surface area (Å²) < 4.78 is 12.9. The third-order valence-corrected chi connectivity index (χ3v) is 1.86. The summed E-state index contributed by atoms with van der Waals surface area (Å²) in [4.78, 5) is 10.1. The molecule has 0 aliphatic rings. The number of nitrogens with one attached hydrogen (secondary N) is 1. The largest absolute Gasteiger partial charge is 0.379 e. The molecule has 5 heteroatoms. The fourth-order valence-electron chi connectivity index (χ4n) is 1.12. The Balaban J connectivity index is 2.92. The molecule has 0 aliphatic heterocycles. The van der Waals surface area contributed by atoms with Crippen LogP contribution in [-0.4, -0.2) is 11.5 Å². The van der Waals surface area contributed by atoms with E-state index in [0.717, 1.165) is 18.2 Å². The molecule has 0 aromatic heterocycles. The van der Waals surface area contributed by atoms with Crippen molar-refractivity contribution in [3.8, 4) is 0 Å². The standard InChI is InChI=1S/C10H13FN2O2/c1-7(2)6-12-9-5-8(11)3-4-10(9)13(14)15/h3-5,7,12H,6H2,1-2H3. The Kier molecular flexibility index (Phi) is 3.60. The van der Waals surface area contributed by atoms with E-state index in [0.29, 0.717) is 12.5 Å². The van der Waals surface area contributed by atoms with E-state index in [4.69, 9.17) is 0 Å². The van der Waals surface area contributed by atoms with Crippen molar-refractivity contribution in [1.82, 2.24) is 0 Å². The molecule has 0 saturated heterocycles. The Morgan fingerprint density at radius 1 is 1.53 bits per heavy atom. The average Bonchev–Trinajstić information content (AvgIpc) is 2.14. The summed E-state index contributed by atoms with van der Waals surface area (Å²) in [5.41, 5.74) is 0.130. The second-order valence-electron chi connectivity index (χ2n) is 3.69. The number of hydrogen-bond acceptors (Lipinski definition) is 3. The predicted molar refractivity (Wildman–Crippen MR) is 56.4 cm³/mol. The zero-order valence-corrected chi connectivity index (χ0v) is 8.66. The molecule has 82 valence electrons. The van der Waals surface area contributed by atoms with Gasteiger partial charge in [-0.2, -0.15) is 0 Å². The quantitative estimate of drug-likeness (QED) is 0.616. The molecule has 0 fully saturated rings. The van der Waals surface area contributed by atoms with E-state index in [2.05, 4.69) is 5.32 Å². The van der Waals surface area contributed by atoms with Crippen molar-refractivity contribution in [2.45, 2.75) is 13.8 Å². The molecule has 1 rings (SSSR count). The van der Waals surface area contributed by atoms with Gasteiger partial charge in [0.1, 0.15) is 11.5 Å². The number of rotatable bonds is 4. The van der Waals surface area contributed by atoms with Crippen molar-refractivity contribution in [3.63, 3.8) is 0 Å². The summed E-state index contributed by atoms with van der Waals surface area (Å²) in [7, 11) is 0. The third kappa shape index (κ3) is 3.19. The maximum atomic E-state index is 12.9. The van der Waals surface area contributed by atoms with Crippen molar-refractivity contribution < 1.29 is 9.31 Å². The van der Waals surface area contributed by atoms with Gasteiger partial charge in [-0.3, -0.25) is 10.1 Å². The number of halogens is 1. The minimum absolute atomic E-state index is 0.1000. The van der Waals surface area contributed by atoms with E-state index in [-0.39, 0.29) is 11.4 Å². The van der Waals surface area contributed by atoms with Crippen LogP contribution in [0.15, 0.2) is 18.2 Å². The molecule has 0 amide bonds. The molecule has 0 aliphatic carbocycles. The van der Waals surface area contributed by atoms with Gasteiger partial charge in [0.2, 0.25) is 0 Å². The minimum atomic E-state index is -0.526. The van der Waals surface area contributed by atoms with Crippen LogP contribution in [0.4, 0.5) is 15.8 Å². The van der Waals surface area contributed by atoms with Crippen LogP contribution in [-0.2, 0) is 0 Å². The molecule has 0 atom stereocenters. The molecule has 0 heterocycles. The molecule has 0 spiro atoms. The topological polar surface area (TPSA) is 55.2 Å². The smallest absolute Gasteiger partial charge is 0.292 e. The Morgan fingerprint density at radius 3 is 2.73 bits per heavy atom. The Bertz CT molecular complexity index is 366. The van der Waals surface area contributed by atoms with E-state index in [9.17, 15) is 14.5 Å². The molecule has 1 aromatic rings. The maximum Gasteiger partial charge on any atom is 0.292 e. The van der Waals surface area contributed by atoms with Crippen molar-refractivity contribution in [3.05, 3.63) is 34.1 Å². The molecular formula is C10H13FN2O2. The van der Waals surface area contributed by atoms with Gasteiger partial charge >= 0.3 is 0 Å². The van der Waals surface area contributed by atoms with Gasteiger partial charge in [-0.15, -0.1) is 0 Å². The molecule has 0 unspecified atom stereocenters. The summed E-state index contributed by atoms with van der Waals surface area (Å²) in [5, 5.41) is 13.5. The molecule has 1 N–H and O–H groups in total. The Labute approximate surface area is 87.3 Å². The first-order valence-electron chi connectivity index (χ1n) is 4.68. The lowest BCUT2D eigenvalue weighted by Crippen LogP contribution is -2.09. The lowest BCUT2D eigenvalue weighted by molar-refractivity contribution is -0.384. The highest BCUT2D eigenvalue weighted by Gasteiger charge is 2.13. The Hall–Kier alpha value is -1.65. The molecule has 0 bridgehead atoms. The fraction of sp³-hybridized carbons (Fsp3) is 0.400. The van der Waals surface area contributed by atoms with Crippen molar-refractivity contribution in [2.24, 2.45) is 5.92 Å². The van der Waals surface area contributed by atoms with Crippen molar-refractivity contribution >= 4 is 11.4 Å². The minimum Gasteiger partial charge on any atom is -0.379 e. The number of nitro groups is 1. The van der Waals surface area contributed by atoms with E-state index in [1.165, 1.54) is 0 Å². The van der Waals surface area contributed by atoms with Gasteiger partial charge in [0, 0.05) is 18.7 Å². The lowest BCUT2D eigenvalue weighted by atomic mass is 10.2. The van der Waals surface area contributed by atoms with Crippen LogP contribution in [0, 0.1) is 21.8 Å². The van der Waals surface area contributed by atoms with E-state index >= 15 is 0 Å². The van der Waals surface area contributed by atoms with Gasteiger partial charge in [0.25, 0.3) is 5.69 Å². The van der Waals surface area contributed by atoms with Gasteiger partial charge in [-0.25, -0.2) is 4.39 Å². The van der Waals surface area contributed by atoms with Crippen molar-refractivity contribution in [2.75, 3.05) is 11.9 Å². The number of anilines is 1. The van der Waals surface area contributed by atoms with E-state index in [1.807, 2.05) is 13.8 Å². The van der Waals surface area contributed by atoms with Gasteiger partial charge < -0.3 is 5.32 Å². The zero-order valence-electron chi connectivity index (χ0n) is 8.66. The molecule has 0 radical (unpaired) electrons. The van der Waals surface area contributed by atoms with E-state index < -0.39 is 10.7 Å². The summed E-state index contributed by atoms with van der Waals surface area (Å²) in [6.07, 6.45) is 0. The normalized spacial score (nSPS) is 10.4. The van der Waals surface area contributed by atoms with Gasteiger partial charge in [-0.1, -0.05) is 13.8 Å². The highest BCUT2D eigenvalue weighted by Crippen LogP contribution is 2.24. The predicted octanol–water partition coefficient (Wildman–Crippen LogP) is 2.80. The highest BCUT2D eigenvalue weighted by atomic mass is 19.1. The van der Waals surface area contributed by atoms with Crippen LogP contribution in [0.25, 0.3) is 0 Å². The number of nitrogens with zero attached hydrogens (tertiary/aromatic N) is 1. The number of benzene rings is 1. The zero-order chi connectivity index (χ0) is 11.4. The molecule has 15 heavy (non-hydrogen) atoms. The third-order valence-electron chi connectivity index (χ3n) is 1.86. The second kappa shape index (κ2) is 4.72. The lowest BCUT2D eigenvalue weighted by Gasteiger charge is -2.09.